The Morgan fingerprint density at radius 3 is 2.26 bits per heavy atom. The number of anilines is 2. The first-order valence-electron chi connectivity index (χ1n) is 12.5. The average Bonchev–Trinajstić information content (AvgIpc) is 3.34. The highest BCUT2D eigenvalue weighted by Crippen LogP contribution is 2.32. The standard InChI is InChI=1S/C23H30F2N8O4S/c1-3-38(34,35)30-15-7-9-31(10-8-15)21-27-22(32-11-13-37-14-12-32)29-23(28-21)33-16-5-4-6-17(36-2)18(16)26-20(33)19(24)25/h4-6,15,19,30H,3,7-14H2,1-2H3. The van der Waals surface area contributed by atoms with Crippen LogP contribution in [0.3, 0.4) is 0 Å². The average molecular weight is 553 g/mol. The monoisotopic (exact) mass is 552 g/mol. The molecule has 38 heavy (non-hydrogen) atoms. The van der Waals surface area contributed by atoms with Gasteiger partial charge in [-0.05, 0) is 31.9 Å². The second-order valence-electron chi connectivity index (χ2n) is 9.05. The summed E-state index contributed by atoms with van der Waals surface area (Å²) in [5.74, 6) is 0.592. The number of nitrogens with zero attached hydrogens (tertiary/aromatic N) is 7. The van der Waals surface area contributed by atoms with Crippen molar-refractivity contribution in [3.05, 3.63) is 24.0 Å². The molecule has 0 unspecified atom stereocenters. The lowest BCUT2D eigenvalue weighted by Gasteiger charge is -2.33. The van der Waals surface area contributed by atoms with Crippen LogP contribution in [0, 0.1) is 0 Å². The number of fused-ring (bicyclic) bond motifs is 1. The minimum absolute atomic E-state index is 0.0169. The van der Waals surface area contributed by atoms with Crippen LogP contribution in [0.1, 0.15) is 32.0 Å². The van der Waals surface area contributed by atoms with Crippen LogP contribution < -0.4 is 19.3 Å². The van der Waals surface area contributed by atoms with Crippen molar-refractivity contribution in [3.63, 3.8) is 0 Å². The van der Waals surface area contributed by atoms with Crippen molar-refractivity contribution in [1.82, 2.24) is 29.2 Å². The van der Waals surface area contributed by atoms with Crippen LogP contribution in [0.5, 0.6) is 5.75 Å². The van der Waals surface area contributed by atoms with E-state index < -0.39 is 22.3 Å². The topological polar surface area (TPSA) is 128 Å². The molecule has 5 rings (SSSR count). The number of hydrogen-bond acceptors (Lipinski definition) is 10. The minimum Gasteiger partial charge on any atom is -0.494 e. The maximum absolute atomic E-state index is 14.2. The van der Waals surface area contributed by atoms with Gasteiger partial charge in [0.15, 0.2) is 5.82 Å². The first kappa shape index (κ1) is 26.4. The number of alkyl halides is 2. The summed E-state index contributed by atoms with van der Waals surface area (Å²) < 4.78 is 67.2. The second kappa shape index (κ2) is 10.9. The lowest BCUT2D eigenvalue weighted by molar-refractivity contribution is 0.122. The van der Waals surface area contributed by atoms with Crippen molar-refractivity contribution < 1.29 is 26.7 Å². The molecule has 1 aromatic carbocycles. The largest absolute Gasteiger partial charge is 0.494 e. The van der Waals surface area contributed by atoms with Crippen molar-refractivity contribution in [3.8, 4) is 11.7 Å². The number of imidazole rings is 1. The van der Waals surface area contributed by atoms with Gasteiger partial charge in [-0.2, -0.15) is 15.0 Å². The number of ether oxygens (including phenoxy) is 2. The molecule has 2 aromatic heterocycles. The SMILES string of the molecule is CCS(=O)(=O)NC1CCN(c2nc(N3CCOCC3)nc(-n3c(C(F)F)nc4c(OC)cccc43)n2)CC1. The summed E-state index contributed by atoms with van der Waals surface area (Å²) in [5, 5.41) is 0. The van der Waals surface area contributed by atoms with Crippen LogP contribution in [0.4, 0.5) is 20.7 Å². The maximum Gasteiger partial charge on any atom is 0.296 e. The van der Waals surface area contributed by atoms with Crippen molar-refractivity contribution in [2.24, 2.45) is 0 Å². The van der Waals surface area contributed by atoms with Gasteiger partial charge in [-0.25, -0.2) is 26.9 Å². The number of piperidine rings is 1. The van der Waals surface area contributed by atoms with Gasteiger partial charge in [-0.15, -0.1) is 0 Å². The van der Waals surface area contributed by atoms with Gasteiger partial charge in [0, 0.05) is 32.2 Å². The number of aromatic nitrogens is 5. The number of sulfonamides is 1. The second-order valence-corrected chi connectivity index (χ2v) is 11.1. The Kier molecular flexibility index (Phi) is 7.59. The molecular weight excluding hydrogens is 522 g/mol. The van der Waals surface area contributed by atoms with Gasteiger partial charge in [-0.1, -0.05) is 6.07 Å². The normalized spacial score (nSPS) is 17.5. The molecule has 4 heterocycles. The summed E-state index contributed by atoms with van der Waals surface area (Å²) in [4.78, 5) is 21.9. The number of methoxy groups -OCH3 is 1. The summed E-state index contributed by atoms with van der Waals surface area (Å²) in [6, 6.07) is 4.83. The Labute approximate surface area is 219 Å². The van der Waals surface area contributed by atoms with E-state index in [0.29, 0.717) is 75.4 Å². The van der Waals surface area contributed by atoms with Crippen LogP contribution in [-0.4, -0.2) is 91.2 Å². The number of benzene rings is 1. The minimum atomic E-state index is -3.32. The third-order valence-corrected chi connectivity index (χ3v) is 8.14. The molecule has 2 saturated heterocycles. The van der Waals surface area contributed by atoms with Gasteiger partial charge in [0.2, 0.25) is 27.9 Å². The van der Waals surface area contributed by atoms with E-state index in [4.69, 9.17) is 9.47 Å². The van der Waals surface area contributed by atoms with Crippen LogP contribution in [-0.2, 0) is 14.8 Å². The van der Waals surface area contributed by atoms with E-state index in [2.05, 4.69) is 24.7 Å². The predicted molar refractivity (Wildman–Crippen MR) is 137 cm³/mol. The molecule has 206 valence electrons. The fourth-order valence-electron chi connectivity index (χ4n) is 4.64. The summed E-state index contributed by atoms with van der Waals surface area (Å²) in [7, 11) is -1.86. The molecule has 0 atom stereocenters. The summed E-state index contributed by atoms with van der Waals surface area (Å²) in [6.45, 7) is 4.65. The van der Waals surface area contributed by atoms with E-state index in [9.17, 15) is 17.2 Å². The zero-order valence-corrected chi connectivity index (χ0v) is 22.0. The van der Waals surface area contributed by atoms with Gasteiger partial charge < -0.3 is 19.3 Å². The van der Waals surface area contributed by atoms with Crippen LogP contribution in [0.15, 0.2) is 18.2 Å². The van der Waals surface area contributed by atoms with Crippen LogP contribution in [0.2, 0.25) is 0 Å². The van der Waals surface area contributed by atoms with Crippen LogP contribution >= 0.6 is 0 Å². The number of morpholine rings is 1. The van der Waals surface area contributed by atoms with E-state index in [1.54, 1.807) is 25.1 Å². The van der Waals surface area contributed by atoms with Crippen molar-refractivity contribution in [2.75, 3.05) is 62.1 Å². The summed E-state index contributed by atoms with van der Waals surface area (Å²) in [6.07, 6.45) is -1.78. The van der Waals surface area contributed by atoms with E-state index in [1.165, 1.54) is 11.7 Å². The number of halogens is 2. The van der Waals surface area contributed by atoms with E-state index in [1.807, 2.05) is 9.80 Å². The molecule has 0 radical (unpaired) electrons. The van der Waals surface area contributed by atoms with E-state index in [-0.39, 0.29) is 23.3 Å². The molecule has 3 aromatic rings. The third-order valence-electron chi connectivity index (χ3n) is 6.69. The highest BCUT2D eigenvalue weighted by atomic mass is 32.2. The zero-order valence-electron chi connectivity index (χ0n) is 21.2. The molecule has 0 spiro atoms. The fourth-order valence-corrected chi connectivity index (χ4v) is 5.55. The van der Waals surface area contributed by atoms with Gasteiger partial charge in [0.25, 0.3) is 6.43 Å². The quantitative estimate of drug-likeness (QED) is 0.443. The Morgan fingerprint density at radius 2 is 1.66 bits per heavy atom. The molecule has 2 fully saturated rings. The molecule has 2 aliphatic heterocycles. The van der Waals surface area contributed by atoms with Gasteiger partial charge in [0.05, 0.1) is 31.6 Å². The zero-order chi connectivity index (χ0) is 26.9. The molecule has 0 saturated carbocycles. The van der Waals surface area contributed by atoms with Crippen LogP contribution in [0.25, 0.3) is 17.0 Å². The number of para-hydroxylation sites is 1. The molecule has 1 N–H and O–H groups in total. The Hall–Kier alpha value is -3.17. The molecule has 2 aliphatic rings. The summed E-state index contributed by atoms with van der Waals surface area (Å²) in [5.41, 5.74) is 0.668. The lowest BCUT2D eigenvalue weighted by Crippen LogP contribution is -2.45. The van der Waals surface area contributed by atoms with Gasteiger partial charge >= 0.3 is 0 Å². The molecule has 0 bridgehead atoms. The summed E-state index contributed by atoms with van der Waals surface area (Å²) >= 11 is 0. The lowest BCUT2D eigenvalue weighted by atomic mass is 10.1. The first-order chi connectivity index (χ1) is 18.3. The first-order valence-corrected chi connectivity index (χ1v) is 14.1. The molecule has 0 amide bonds. The van der Waals surface area contributed by atoms with Gasteiger partial charge in [0.1, 0.15) is 11.3 Å². The van der Waals surface area contributed by atoms with Crippen molar-refractivity contribution >= 4 is 33.0 Å². The molecule has 15 heteroatoms. The molecule has 0 aliphatic carbocycles. The number of nitrogens with one attached hydrogen (secondary N) is 1. The number of rotatable bonds is 8. The third kappa shape index (κ3) is 5.35. The smallest absolute Gasteiger partial charge is 0.296 e. The molecular formula is C23H30F2N8O4S. The highest BCUT2D eigenvalue weighted by molar-refractivity contribution is 7.89. The van der Waals surface area contributed by atoms with E-state index in [0.717, 1.165) is 0 Å². The van der Waals surface area contributed by atoms with Gasteiger partial charge in [-0.3, -0.25) is 4.57 Å². The maximum atomic E-state index is 14.2. The van der Waals surface area contributed by atoms with Crippen molar-refractivity contribution in [2.45, 2.75) is 32.2 Å². The highest BCUT2D eigenvalue weighted by Gasteiger charge is 2.29. The van der Waals surface area contributed by atoms with Crippen molar-refractivity contribution in [1.29, 1.82) is 0 Å². The Bertz CT molecular complexity index is 1390. The predicted octanol–water partition coefficient (Wildman–Crippen LogP) is 1.90. The fraction of sp³-hybridized carbons (Fsp3) is 0.565. The van der Waals surface area contributed by atoms with E-state index >= 15 is 0 Å². The molecule has 12 nitrogen and oxygen atoms in total. The Balaban J connectivity index is 1.56. The number of hydrogen-bond donors (Lipinski definition) is 1. The Morgan fingerprint density at radius 1 is 1.03 bits per heavy atom.